The summed E-state index contributed by atoms with van der Waals surface area (Å²) in [4.78, 5) is 14.1. The lowest BCUT2D eigenvalue weighted by atomic mass is 10.1. The summed E-state index contributed by atoms with van der Waals surface area (Å²) >= 11 is 0. The van der Waals surface area contributed by atoms with Crippen molar-refractivity contribution in [2.24, 2.45) is 0 Å². The molecule has 2 unspecified atom stereocenters. The third-order valence-corrected chi connectivity index (χ3v) is 3.45. The van der Waals surface area contributed by atoms with Crippen LogP contribution in [0.4, 0.5) is 5.69 Å². The molecule has 3 rings (SSSR count). The molecule has 1 saturated heterocycles. The molecule has 3 atom stereocenters. The van der Waals surface area contributed by atoms with Crippen molar-refractivity contribution in [3.63, 3.8) is 0 Å². The molecule has 0 spiro atoms. The van der Waals surface area contributed by atoms with Crippen molar-refractivity contribution in [2.75, 3.05) is 18.8 Å². The molecular weight excluding hydrogens is 214 g/mol. The summed E-state index contributed by atoms with van der Waals surface area (Å²) in [7, 11) is 0. The van der Waals surface area contributed by atoms with Gasteiger partial charge in [0.25, 0.3) is 5.91 Å². The van der Waals surface area contributed by atoms with Crippen LogP contribution in [0.1, 0.15) is 31.5 Å². The number of nitrogens with two attached hydrogens (primary N) is 1. The van der Waals surface area contributed by atoms with E-state index in [1.54, 1.807) is 23.1 Å². The van der Waals surface area contributed by atoms with Crippen LogP contribution in [0.3, 0.4) is 0 Å². The topological polar surface area (TPSA) is 58.4 Å². The van der Waals surface area contributed by atoms with E-state index in [0.29, 0.717) is 30.6 Å². The van der Waals surface area contributed by atoms with E-state index in [4.69, 9.17) is 8.48 Å². The van der Waals surface area contributed by atoms with Crippen LogP contribution in [0.5, 0.6) is 0 Å². The minimum absolute atomic E-state index is 0.0465. The summed E-state index contributed by atoms with van der Waals surface area (Å²) in [5.74, 6) is -0.0465. The number of nitrogens with one attached hydrogen (secondary N) is 1. The minimum Gasteiger partial charge on any atom is -0.398 e. The molecule has 2 aliphatic heterocycles. The molecule has 1 aromatic carbocycles. The quantitative estimate of drug-likeness (QED) is 0.711. The Bertz CT molecular complexity index is 523. The number of hydrogen-bond donors (Lipinski definition) is 2. The number of nitrogens with zero attached hydrogens (tertiary/aromatic N) is 1. The highest BCUT2D eigenvalue weighted by Gasteiger charge is 2.33. The Morgan fingerprint density at radius 3 is 3.18 bits per heavy atom. The Hall–Kier alpha value is -1.55. The number of anilines is 1. The molecule has 0 aromatic heterocycles. The number of carbonyl (C=O) groups is 1. The van der Waals surface area contributed by atoms with Crippen LogP contribution in [0.25, 0.3) is 0 Å². The lowest BCUT2D eigenvalue weighted by molar-refractivity contribution is 0.0675. The Morgan fingerprint density at radius 2 is 2.41 bits per heavy atom. The standard InChI is InChI=1S/C13H17N3O/c14-12-5-1-4-10-11(12)8-16(13(10)17)9-3-2-6-15-7-9/h1,4-5,9,15H,2-3,6-8,14H2/i6D,7D/t6?,7-,9?/m0/s1. The van der Waals surface area contributed by atoms with Gasteiger partial charge in [-0.15, -0.1) is 0 Å². The zero-order valence-corrected chi connectivity index (χ0v) is 9.52. The van der Waals surface area contributed by atoms with E-state index >= 15 is 0 Å². The molecule has 1 amide bonds. The highest BCUT2D eigenvalue weighted by Crippen LogP contribution is 2.30. The second-order valence-electron chi connectivity index (χ2n) is 4.49. The maximum absolute atomic E-state index is 12.4. The van der Waals surface area contributed by atoms with E-state index < -0.39 is 13.0 Å². The normalized spacial score (nSPS) is 34.2. The van der Waals surface area contributed by atoms with Crippen LogP contribution in [-0.4, -0.2) is 29.9 Å². The van der Waals surface area contributed by atoms with Crippen molar-refractivity contribution in [1.29, 1.82) is 0 Å². The third-order valence-electron chi connectivity index (χ3n) is 3.45. The summed E-state index contributed by atoms with van der Waals surface area (Å²) in [5.41, 5.74) is 8.07. The molecule has 0 saturated carbocycles. The average Bonchev–Trinajstić information content (AvgIpc) is 2.69. The van der Waals surface area contributed by atoms with Crippen molar-refractivity contribution in [3.05, 3.63) is 29.3 Å². The van der Waals surface area contributed by atoms with Gasteiger partial charge in [0.15, 0.2) is 0 Å². The zero-order chi connectivity index (χ0) is 13.6. The van der Waals surface area contributed by atoms with Gasteiger partial charge in [-0.05, 0) is 31.5 Å². The first-order valence-electron chi connectivity index (χ1n) is 7.02. The predicted octanol–water partition coefficient (Wildman–Crippen LogP) is 0.977. The summed E-state index contributed by atoms with van der Waals surface area (Å²) in [5, 5.41) is 2.88. The molecule has 2 aliphatic rings. The van der Waals surface area contributed by atoms with Gasteiger partial charge in [-0.25, -0.2) is 0 Å². The van der Waals surface area contributed by atoms with Gasteiger partial charge < -0.3 is 16.0 Å². The molecule has 4 nitrogen and oxygen atoms in total. The van der Waals surface area contributed by atoms with Crippen LogP contribution in [0.15, 0.2) is 18.2 Å². The largest absolute Gasteiger partial charge is 0.398 e. The SMILES string of the molecule is [2H]C1CCC(N2Cc3c(N)cccc3C2=O)[C@H]([2H])N1. The Balaban J connectivity index is 1.86. The van der Waals surface area contributed by atoms with E-state index in [1.165, 1.54) is 0 Å². The zero-order valence-electron chi connectivity index (χ0n) is 11.5. The number of benzene rings is 1. The van der Waals surface area contributed by atoms with Crippen LogP contribution in [0.2, 0.25) is 0 Å². The molecule has 17 heavy (non-hydrogen) atoms. The first-order valence-corrected chi connectivity index (χ1v) is 5.87. The van der Waals surface area contributed by atoms with Crippen molar-refractivity contribution in [1.82, 2.24) is 10.2 Å². The maximum Gasteiger partial charge on any atom is 0.254 e. The predicted molar refractivity (Wildman–Crippen MR) is 66.6 cm³/mol. The minimum atomic E-state index is -0.601. The van der Waals surface area contributed by atoms with Gasteiger partial charge in [0.1, 0.15) is 0 Å². The smallest absolute Gasteiger partial charge is 0.254 e. The highest BCUT2D eigenvalue weighted by molar-refractivity contribution is 6.00. The molecule has 1 aromatic rings. The molecule has 1 fully saturated rings. The molecule has 0 aliphatic carbocycles. The molecule has 90 valence electrons. The first-order chi connectivity index (χ1) is 9.08. The van der Waals surface area contributed by atoms with Crippen molar-refractivity contribution in [2.45, 2.75) is 25.4 Å². The fourth-order valence-electron chi connectivity index (χ4n) is 2.49. The van der Waals surface area contributed by atoms with Gasteiger partial charge in [0.2, 0.25) is 0 Å². The van der Waals surface area contributed by atoms with E-state index in [0.717, 1.165) is 5.56 Å². The number of fused-ring (bicyclic) bond motifs is 1. The Morgan fingerprint density at radius 1 is 1.53 bits per heavy atom. The lowest BCUT2D eigenvalue weighted by Gasteiger charge is -2.31. The number of rotatable bonds is 1. The summed E-state index contributed by atoms with van der Waals surface area (Å²) in [6, 6.07) is 5.19. The number of carbonyl (C=O) groups excluding carboxylic acids is 1. The van der Waals surface area contributed by atoms with Crippen LogP contribution in [-0.2, 0) is 6.54 Å². The average molecular weight is 233 g/mol. The van der Waals surface area contributed by atoms with E-state index in [2.05, 4.69) is 5.32 Å². The summed E-state index contributed by atoms with van der Waals surface area (Å²) < 4.78 is 15.6. The lowest BCUT2D eigenvalue weighted by Crippen LogP contribution is -2.46. The molecule has 2 heterocycles. The van der Waals surface area contributed by atoms with Gasteiger partial charge >= 0.3 is 0 Å². The van der Waals surface area contributed by atoms with Crippen molar-refractivity contribution >= 4 is 11.6 Å². The number of piperidine rings is 1. The van der Waals surface area contributed by atoms with Crippen LogP contribution >= 0.6 is 0 Å². The van der Waals surface area contributed by atoms with Gasteiger partial charge in [-0.1, -0.05) is 6.07 Å². The number of hydrogen-bond acceptors (Lipinski definition) is 3. The van der Waals surface area contributed by atoms with Crippen LogP contribution < -0.4 is 11.1 Å². The Labute approximate surface area is 104 Å². The van der Waals surface area contributed by atoms with E-state index in [-0.39, 0.29) is 11.9 Å². The van der Waals surface area contributed by atoms with Gasteiger partial charge in [-0.3, -0.25) is 4.79 Å². The first kappa shape index (κ1) is 8.53. The molecule has 3 N–H and O–H groups in total. The maximum atomic E-state index is 12.4. The van der Waals surface area contributed by atoms with Crippen molar-refractivity contribution < 1.29 is 7.54 Å². The second kappa shape index (κ2) is 4.04. The molecule has 0 bridgehead atoms. The van der Waals surface area contributed by atoms with Gasteiger partial charge in [0.05, 0.1) is 0 Å². The molecule has 0 radical (unpaired) electrons. The van der Waals surface area contributed by atoms with Crippen molar-refractivity contribution in [3.8, 4) is 0 Å². The second-order valence-corrected chi connectivity index (χ2v) is 4.49. The highest BCUT2D eigenvalue weighted by atomic mass is 16.2. The van der Waals surface area contributed by atoms with Crippen LogP contribution in [0, 0.1) is 0 Å². The monoisotopic (exact) mass is 233 g/mol. The van der Waals surface area contributed by atoms with Gasteiger partial charge in [0, 0.05) is 38.7 Å². The Kier molecular flexibility index (Phi) is 2.02. The molecular formula is C13H17N3O. The fraction of sp³-hybridized carbons (Fsp3) is 0.462. The summed E-state index contributed by atoms with van der Waals surface area (Å²) in [6.07, 6.45) is 1.35. The van der Waals surface area contributed by atoms with E-state index in [9.17, 15) is 4.79 Å². The fourth-order valence-corrected chi connectivity index (χ4v) is 2.49. The number of amides is 1. The summed E-state index contributed by atoms with van der Waals surface area (Å²) in [6.45, 7) is -0.523. The van der Waals surface area contributed by atoms with E-state index in [1.807, 2.05) is 0 Å². The van der Waals surface area contributed by atoms with Gasteiger partial charge in [-0.2, -0.15) is 0 Å². The molecule has 4 heteroatoms. The third kappa shape index (κ3) is 1.69. The number of nitrogen functional groups attached to an aromatic ring is 1.